The van der Waals surface area contributed by atoms with E-state index in [0.717, 1.165) is 20.8 Å². The average molecular weight is 484 g/mol. The van der Waals surface area contributed by atoms with Crippen LogP contribution < -0.4 is 0 Å². The molecule has 180 valence electrons. The van der Waals surface area contributed by atoms with Gasteiger partial charge in [-0.1, -0.05) is 0 Å². The molecule has 0 aliphatic heterocycles. The minimum absolute atomic E-state index is 0.861. The molecule has 0 aromatic rings. The first-order valence-electron chi connectivity index (χ1n) is 6.93. The molecule has 0 aliphatic carbocycles. The van der Waals surface area contributed by atoms with Crippen LogP contribution in [0, 0.1) is 0 Å². The van der Waals surface area contributed by atoms with E-state index < -0.39 is 54.3 Å². The molecule has 0 aromatic carbocycles. The van der Waals surface area contributed by atoms with Gasteiger partial charge in [0.1, 0.15) is 5.60 Å². The molecule has 0 fully saturated rings. The highest BCUT2D eigenvalue weighted by molar-refractivity contribution is 5.78. The maximum absolute atomic E-state index is 13.4. The number of carbonyl (C=O) groups excluding carboxylic acids is 1. The van der Waals surface area contributed by atoms with Gasteiger partial charge in [0, 0.05) is 0 Å². The third-order valence-electron chi connectivity index (χ3n) is 2.52. The number of rotatable bonds is 8. The lowest BCUT2D eigenvalue weighted by Gasteiger charge is -2.35. The van der Waals surface area contributed by atoms with E-state index in [2.05, 4.69) is 4.74 Å². The van der Waals surface area contributed by atoms with Crippen LogP contribution in [0.25, 0.3) is 0 Å². The van der Waals surface area contributed by atoms with E-state index in [1.165, 1.54) is 4.74 Å². The quantitative estimate of drug-likeness (QED) is 0.348. The third kappa shape index (κ3) is 6.45. The van der Waals surface area contributed by atoms with Gasteiger partial charge in [0.15, 0.2) is 0 Å². The van der Waals surface area contributed by atoms with Crippen molar-refractivity contribution in [2.45, 2.75) is 69.1 Å². The second-order valence-corrected chi connectivity index (χ2v) is 6.31. The summed E-state index contributed by atoms with van der Waals surface area (Å²) in [5, 5.41) is 0. The first-order valence-corrected chi connectivity index (χ1v) is 6.93. The summed E-state index contributed by atoms with van der Waals surface area (Å²) < 4.78 is 186. The second kappa shape index (κ2) is 7.83. The lowest BCUT2D eigenvalue weighted by molar-refractivity contribution is -0.528. The Balaban J connectivity index is 5.85. The van der Waals surface area contributed by atoms with Crippen LogP contribution in [0.3, 0.4) is 0 Å². The number of alkyl halides is 14. The molecule has 0 saturated heterocycles. The van der Waals surface area contributed by atoms with E-state index in [1.54, 1.807) is 4.74 Å². The Bertz CT molecular complexity index is 621. The molecule has 0 bridgehead atoms. The molecule has 0 rings (SSSR count). The monoisotopic (exact) mass is 484 g/mol. The molecular formula is C12H10F14O4. The van der Waals surface area contributed by atoms with Gasteiger partial charge in [-0.2, -0.15) is 43.9 Å². The van der Waals surface area contributed by atoms with E-state index in [9.17, 15) is 66.3 Å². The second-order valence-electron chi connectivity index (χ2n) is 6.31. The largest absolute Gasteiger partial charge is 0.527 e. The highest BCUT2D eigenvalue weighted by Gasteiger charge is 2.79. The van der Waals surface area contributed by atoms with Crippen LogP contribution in [0.2, 0.25) is 0 Å². The topological polar surface area (TPSA) is 44.8 Å². The highest BCUT2D eigenvalue weighted by atomic mass is 19.4. The average Bonchev–Trinajstić information content (AvgIpc) is 2.40. The van der Waals surface area contributed by atoms with Crippen LogP contribution in [0.1, 0.15) is 20.8 Å². The Morgan fingerprint density at radius 2 is 1.07 bits per heavy atom. The molecule has 30 heavy (non-hydrogen) atoms. The normalized spacial score (nSPS) is 16.4. The van der Waals surface area contributed by atoms with Gasteiger partial charge in [-0.05, 0) is 20.8 Å². The predicted molar refractivity (Wildman–Crippen MR) is 63.7 cm³/mol. The van der Waals surface area contributed by atoms with E-state index in [1.807, 2.05) is 0 Å². The van der Waals surface area contributed by atoms with Crippen molar-refractivity contribution >= 4 is 5.97 Å². The van der Waals surface area contributed by atoms with Crippen LogP contribution in [-0.2, 0) is 19.0 Å². The molecule has 18 heteroatoms. The Labute approximate surface area is 157 Å². The maximum atomic E-state index is 13.4. The Morgan fingerprint density at radius 1 is 0.700 bits per heavy atom. The lowest BCUT2D eigenvalue weighted by Crippen LogP contribution is -2.62. The number of esters is 1. The van der Waals surface area contributed by atoms with Gasteiger partial charge in [-0.15, -0.1) is 13.2 Å². The van der Waals surface area contributed by atoms with Gasteiger partial charge < -0.3 is 4.74 Å². The minimum atomic E-state index is -7.60. The Hall–Kier alpha value is -1.59. The fourth-order valence-corrected chi connectivity index (χ4v) is 1.33. The van der Waals surface area contributed by atoms with Crippen LogP contribution in [0.4, 0.5) is 61.5 Å². The first kappa shape index (κ1) is 28.4. The van der Waals surface area contributed by atoms with Crippen molar-refractivity contribution in [3.8, 4) is 0 Å². The molecule has 0 aromatic heterocycles. The van der Waals surface area contributed by atoms with Crippen LogP contribution in [-0.4, -0.2) is 54.3 Å². The van der Waals surface area contributed by atoms with Crippen molar-refractivity contribution in [2.75, 3.05) is 0 Å². The summed E-state index contributed by atoms with van der Waals surface area (Å²) in [5.41, 5.74) is -1.88. The smallest absolute Gasteiger partial charge is 0.455 e. The lowest BCUT2D eigenvalue weighted by atomic mass is 10.1. The van der Waals surface area contributed by atoms with Crippen molar-refractivity contribution in [1.82, 2.24) is 0 Å². The molecule has 0 heterocycles. The van der Waals surface area contributed by atoms with Gasteiger partial charge in [0.05, 0.1) is 0 Å². The van der Waals surface area contributed by atoms with Gasteiger partial charge in [0.2, 0.25) is 0 Å². The van der Waals surface area contributed by atoms with Gasteiger partial charge in [-0.25, -0.2) is 18.7 Å². The zero-order valence-corrected chi connectivity index (χ0v) is 14.5. The van der Waals surface area contributed by atoms with Gasteiger partial charge >= 0.3 is 42.5 Å². The molecule has 1 unspecified atom stereocenters. The SMILES string of the molecule is CC(C)(C)OC(=O)C(F)(F)C(F)C(F)(F)OC(F)(F)C(F)(F)C(F)(F)OC(F)(F)F. The van der Waals surface area contributed by atoms with Crippen molar-refractivity contribution in [3.05, 3.63) is 0 Å². The van der Waals surface area contributed by atoms with E-state index in [0.29, 0.717) is 0 Å². The number of ether oxygens (including phenoxy) is 3. The van der Waals surface area contributed by atoms with Crippen LogP contribution in [0.5, 0.6) is 0 Å². The molecule has 1 atom stereocenters. The van der Waals surface area contributed by atoms with Gasteiger partial charge in [0.25, 0.3) is 6.17 Å². The predicted octanol–water partition coefficient (Wildman–Crippen LogP) is 5.27. The summed E-state index contributed by atoms with van der Waals surface area (Å²) in [5.74, 6) is -16.8. The van der Waals surface area contributed by atoms with E-state index >= 15 is 0 Å². The van der Waals surface area contributed by atoms with E-state index in [4.69, 9.17) is 0 Å². The summed E-state index contributed by atoms with van der Waals surface area (Å²) in [6, 6.07) is 0. The summed E-state index contributed by atoms with van der Waals surface area (Å²) in [7, 11) is 0. The molecule has 0 amide bonds. The van der Waals surface area contributed by atoms with Gasteiger partial charge in [-0.3, -0.25) is 0 Å². The summed E-state index contributed by atoms with van der Waals surface area (Å²) in [6.45, 7) is 2.58. The van der Waals surface area contributed by atoms with Crippen molar-refractivity contribution < 1.29 is 80.5 Å². The molecule has 0 spiro atoms. The van der Waals surface area contributed by atoms with Crippen LogP contribution in [0.15, 0.2) is 0 Å². The van der Waals surface area contributed by atoms with Crippen molar-refractivity contribution in [1.29, 1.82) is 0 Å². The highest BCUT2D eigenvalue weighted by Crippen LogP contribution is 2.51. The number of carbonyl (C=O) groups is 1. The maximum Gasteiger partial charge on any atom is 0.527 e. The molecule has 4 nitrogen and oxygen atoms in total. The fourth-order valence-electron chi connectivity index (χ4n) is 1.33. The minimum Gasteiger partial charge on any atom is -0.455 e. The Morgan fingerprint density at radius 3 is 1.40 bits per heavy atom. The van der Waals surface area contributed by atoms with E-state index in [-0.39, 0.29) is 0 Å². The van der Waals surface area contributed by atoms with Crippen molar-refractivity contribution in [2.24, 2.45) is 0 Å². The molecule has 0 saturated carbocycles. The molecule has 0 aliphatic rings. The molecular weight excluding hydrogens is 474 g/mol. The number of halogens is 14. The summed E-state index contributed by atoms with van der Waals surface area (Å²) in [6.07, 6.45) is -33.8. The molecule has 0 radical (unpaired) electrons. The zero-order chi connectivity index (χ0) is 24.8. The fraction of sp³-hybridized carbons (Fsp3) is 0.917. The summed E-state index contributed by atoms with van der Waals surface area (Å²) in [4.78, 5) is 11.0. The summed E-state index contributed by atoms with van der Waals surface area (Å²) >= 11 is 0. The van der Waals surface area contributed by atoms with Crippen molar-refractivity contribution in [3.63, 3.8) is 0 Å². The Kier molecular flexibility index (Phi) is 7.42. The number of hydrogen-bond acceptors (Lipinski definition) is 4. The standard InChI is InChI=1S/C12H10F14O4/c1-6(2,3)28-5(27)7(14,15)4(13)8(16,17)29-10(20,21)9(18,19)11(22,23)30-12(24,25)26/h4H,1-3H3. The number of hydrogen-bond donors (Lipinski definition) is 0. The zero-order valence-electron chi connectivity index (χ0n) is 14.5. The van der Waals surface area contributed by atoms with Crippen LogP contribution >= 0.6 is 0 Å². The first-order chi connectivity index (χ1) is 12.7. The molecule has 0 N–H and O–H groups in total. The third-order valence-corrected chi connectivity index (χ3v) is 2.52.